The Labute approximate surface area is 170 Å². The summed E-state index contributed by atoms with van der Waals surface area (Å²) in [6.07, 6.45) is 0. The maximum Gasteiger partial charge on any atom is 0.127 e. The van der Waals surface area contributed by atoms with Crippen molar-refractivity contribution in [2.75, 3.05) is 7.11 Å². The number of hydrogen-bond donors (Lipinski definition) is 0. The van der Waals surface area contributed by atoms with Crippen LogP contribution in [0.5, 0.6) is 5.75 Å². The van der Waals surface area contributed by atoms with Crippen LogP contribution in [0.1, 0.15) is 0 Å². The maximum absolute atomic E-state index is 12.5. The molecule has 0 aromatic heterocycles. The van der Waals surface area contributed by atoms with E-state index >= 15 is 0 Å². The second kappa shape index (κ2) is 7.14. The van der Waals surface area contributed by atoms with Crippen LogP contribution in [0.25, 0.3) is 32.7 Å². The Balaban J connectivity index is 2.23. The molecule has 4 aromatic carbocycles. The van der Waals surface area contributed by atoms with Gasteiger partial charge in [-0.25, -0.2) is 4.21 Å². The van der Waals surface area contributed by atoms with E-state index in [-0.39, 0.29) is 0 Å². The molecule has 2 nitrogen and oxygen atoms in total. The van der Waals surface area contributed by atoms with Crippen molar-refractivity contribution in [3.05, 3.63) is 71.2 Å². The van der Waals surface area contributed by atoms with E-state index in [1.807, 2.05) is 42.5 Å². The lowest BCUT2D eigenvalue weighted by atomic mass is 9.93. The second-order valence-electron chi connectivity index (χ2n) is 5.89. The molecule has 0 aliphatic rings. The van der Waals surface area contributed by atoms with Crippen molar-refractivity contribution in [2.24, 2.45) is 0 Å². The molecule has 1 atom stereocenters. The van der Waals surface area contributed by atoms with E-state index < -0.39 is 9.23 Å². The van der Waals surface area contributed by atoms with E-state index in [4.69, 9.17) is 4.74 Å². The highest BCUT2D eigenvalue weighted by atomic mass is 79.9. The fourth-order valence-electron chi connectivity index (χ4n) is 3.35. The van der Waals surface area contributed by atoms with Crippen LogP contribution < -0.4 is 4.74 Å². The molecule has 0 saturated carbocycles. The van der Waals surface area contributed by atoms with Crippen molar-refractivity contribution in [3.63, 3.8) is 0 Å². The Morgan fingerprint density at radius 1 is 0.846 bits per heavy atom. The standard InChI is InChI=1S/C21H14Br2O2S/c1-25-18-10-6-14-12-15(22)8-9-17(14)20(18)21-16-5-3-2-4-13(16)7-11-19(21)26(23)24/h2-12H,1H3. The monoisotopic (exact) mass is 488 g/mol. The van der Waals surface area contributed by atoms with Crippen molar-refractivity contribution in [1.82, 2.24) is 0 Å². The highest BCUT2D eigenvalue weighted by Gasteiger charge is 2.19. The lowest BCUT2D eigenvalue weighted by Crippen LogP contribution is -1.95. The molecule has 0 bridgehead atoms. The molecular weight excluding hydrogens is 476 g/mol. The topological polar surface area (TPSA) is 26.3 Å². The van der Waals surface area contributed by atoms with Crippen LogP contribution in [0.3, 0.4) is 0 Å². The zero-order valence-corrected chi connectivity index (χ0v) is 17.8. The quantitative estimate of drug-likeness (QED) is 0.294. The van der Waals surface area contributed by atoms with Crippen LogP contribution in [0.2, 0.25) is 0 Å². The van der Waals surface area contributed by atoms with Gasteiger partial charge >= 0.3 is 0 Å². The van der Waals surface area contributed by atoms with Gasteiger partial charge in [0, 0.05) is 30.4 Å². The predicted molar refractivity (Wildman–Crippen MR) is 116 cm³/mol. The van der Waals surface area contributed by atoms with Gasteiger partial charge in [0.1, 0.15) is 15.0 Å². The van der Waals surface area contributed by atoms with Gasteiger partial charge in [-0.3, -0.25) is 0 Å². The van der Waals surface area contributed by atoms with Crippen LogP contribution in [0, 0.1) is 0 Å². The minimum atomic E-state index is -1.31. The number of methoxy groups -OCH3 is 1. The van der Waals surface area contributed by atoms with Gasteiger partial charge in [0.15, 0.2) is 0 Å². The largest absolute Gasteiger partial charge is 0.496 e. The van der Waals surface area contributed by atoms with Crippen molar-refractivity contribution in [2.45, 2.75) is 4.90 Å². The zero-order chi connectivity index (χ0) is 18.3. The summed E-state index contributed by atoms with van der Waals surface area (Å²) in [4.78, 5) is 0.734. The summed E-state index contributed by atoms with van der Waals surface area (Å²) >= 11 is 6.80. The summed E-state index contributed by atoms with van der Waals surface area (Å²) in [6, 6.07) is 22.2. The first-order chi connectivity index (χ1) is 12.6. The number of halogens is 2. The minimum absolute atomic E-state index is 0.734. The van der Waals surface area contributed by atoms with Gasteiger partial charge in [-0.05, 0) is 45.8 Å². The molecule has 0 amide bonds. The summed E-state index contributed by atoms with van der Waals surface area (Å²) in [5.74, 6) is 0.760. The lowest BCUT2D eigenvalue weighted by molar-refractivity contribution is 0.417. The second-order valence-corrected chi connectivity index (χ2v) is 9.46. The van der Waals surface area contributed by atoms with Crippen LogP contribution >= 0.6 is 30.7 Å². The fraction of sp³-hybridized carbons (Fsp3) is 0.0476. The van der Waals surface area contributed by atoms with Gasteiger partial charge in [-0.15, -0.1) is 0 Å². The highest BCUT2D eigenvalue weighted by molar-refractivity contribution is 9.46. The summed E-state index contributed by atoms with van der Waals surface area (Å²) in [5, 5.41) is 4.30. The Morgan fingerprint density at radius 2 is 1.58 bits per heavy atom. The Morgan fingerprint density at radius 3 is 2.35 bits per heavy atom. The molecule has 5 heteroatoms. The van der Waals surface area contributed by atoms with Crippen molar-refractivity contribution in [1.29, 1.82) is 0 Å². The first-order valence-electron chi connectivity index (χ1n) is 7.96. The highest BCUT2D eigenvalue weighted by Crippen LogP contribution is 2.44. The van der Waals surface area contributed by atoms with Gasteiger partial charge in [-0.1, -0.05) is 58.4 Å². The summed E-state index contributed by atoms with van der Waals surface area (Å²) in [5.41, 5.74) is 1.89. The van der Waals surface area contributed by atoms with E-state index in [2.05, 4.69) is 55.0 Å². The molecule has 0 spiro atoms. The van der Waals surface area contributed by atoms with Crippen molar-refractivity contribution >= 4 is 61.5 Å². The number of benzene rings is 4. The normalized spacial score (nSPS) is 12.4. The molecule has 0 aliphatic heterocycles. The zero-order valence-electron chi connectivity index (χ0n) is 13.8. The maximum atomic E-state index is 12.5. The Bertz CT molecular complexity index is 1170. The van der Waals surface area contributed by atoms with Gasteiger partial charge in [-0.2, -0.15) is 0 Å². The molecule has 0 N–H and O–H groups in total. The number of ether oxygens (including phenoxy) is 1. The molecule has 1 unspecified atom stereocenters. The van der Waals surface area contributed by atoms with Crippen molar-refractivity contribution < 1.29 is 8.95 Å². The summed E-state index contributed by atoms with van der Waals surface area (Å²) in [7, 11) is 0.359. The number of fused-ring (bicyclic) bond motifs is 2. The average Bonchev–Trinajstić information content (AvgIpc) is 2.66. The van der Waals surface area contributed by atoms with Crippen LogP contribution in [-0.2, 0) is 9.23 Å². The minimum Gasteiger partial charge on any atom is -0.496 e. The van der Waals surface area contributed by atoms with E-state index in [0.29, 0.717) is 0 Å². The van der Waals surface area contributed by atoms with E-state index in [9.17, 15) is 4.21 Å². The fourth-order valence-corrected chi connectivity index (χ4v) is 5.09. The molecule has 0 heterocycles. The third kappa shape index (κ3) is 2.98. The average molecular weight is 490 g/mol. The smallest absolute Gasteiger partial charge is 0.127 e. The van der Waals surface area contributed by atoms with Crippen LogP contribution in [0.4, 0.5) is 0 Å². The third-order valence-corrected chi connectivity index (χ3v) is 6.70. The SMILES string of the molecule is COc1ccc2cc(Br)ccc2c1-c1c(S(=O)Br)ccc2ccccc12. The van der Waals surface area contributed by atoms with Crippen LogP contribution in [0.15, 0.2) is 76.1 Å². The van der Waals surface area contributed by atoms with E-state index in [0.717, 1.165) is 47.8 Å². The molecular formula is C21H14Br2O2S. The first kappa shape index (κ1) is 17.7. The van der Waals surface area contributed by atoms with Crippen molar-refractivity contribution in [3.8, 4) is 16.9 Å². The Hall–Kier alpha value is -1.69. The number of rotatable bonds is 3. The van der Waals surface area contributed by atoms with Gasteiger partial charge < -0.3 is 4.74 Å². The molecule has 0 radical (unpaired) electrons. The predicted octanol–water partition coefficient (Wildman–Crippen LogP) is 6.85. The summed E-state index contributed by atoms with van der Waals surface area (Å²) < 4.78 is 19.2. The van der Waals surface area contributed by atoms with Crippen LogP contribution in [-0.4, -0.2) is 11.3 Å². The first-order valence-corrected chi connectivity index (χ1v) is 11.7. The summed E-state index contributed by atoms with van der Waals surface area (Å²) in [6.45, 7) is 0. The molecule has 4 aromatic rings. The third-order valence-electron chi connectivity index (χ3n) is 4.48. The van der Waals surface area contributed by atoms with E-state index in [1.165, 1.54) is 0 Å². The number of hydrogen-bond acceptors (Lipinski definition) is 2. The van der Waals surface area contributed by atoms with E-state index in [1.54, 1.807) is 7.11 Å². The molecule has 0 aliphatic carbocycles. The molecule has 26 heavy (non-hydrogen) atoms. The molecule has 0 saturated heterocycles. The Kier molecular flexibility index (Phi) is 4.86. The molecule has 4 rings (SSSR count). The molecule has 0 fully saturated rings. The van der Waals surface area contributed by atoms with Gasteiger partial charge in [0.2, 0.25) is 0 Å². The molecule has 130 valence electrons. The van der Waals surface area contributed by atoms with Gasteiger partial charge in [0.25, 0.3) is 0 Å². The lowest BCUT2D eigenvalue weighted by Gasteiger charge is -2.17. The van der Waals surface area contributed by atoms with Gasteiger partial charge in [0.05, 0.1) is 12.0 Å².